The van der Waals surface area contributed by atoms with E-state index in [-0.39, 0.29) is 17.8 Å². The van der Waals surface area contributed by atoms with Gasteiger partial charge in [0.05, 0.1) is 12.0 Å². The van der Waals surface area contributed by atoms with Crippen molar-refractivity contribution in [3.63, 3.8) is 0 Å². The molecule has 0 aromatic heterocycles. The van der Waals surface area contributed by atoms with Gasteiger partial charge < -0.3 is 28.8 Å². The van der Waals surface area contributed by atoms with E-state index in [2.05, 4.69) is 12.2 Å². The van der Waals surface area contributed by atoms with Crippen LogP contribution in [0.25, 0.3) is 0 Å². The third-order valence-electron chi connectivity index (χ3n) is 8.25. The van der Waals surface area contributed by atoms with Crippen molar-refractivity contribution in [1.82, 2.24) is 0 Å². The lowest BCUT2D eigenvalue weighted by molar-refractivity contribution is -0.311. The maximum Gasteiger partial charge on any atom is 0.350 e. The van der Waals surface area contributed by atoms with Gasteiger partial charge in [-0.25, -0.2) is 4.79 Å². The molecule has 0 radical (unpaired) electrons. The Morgan fingerprint density at radius 2 is 2.00 bits per heavy atom. The molecule has 2 bridgehead atoms. The lowest BCUT2D eigenvalue weighted by Gasteiger charge is -2.49. The predicted octanol–water partition coefficient (Wildman–Crippen LogP) is 1.44. The summed E-state index contributed by atoms with van der Waals surface area (Å²) in [7, 11) is 0. The minimum Gasteiger partial charge on any atom is -0.454 e. The van der Waals surface area contributed by atoms with Crippen LogP contribution in [0.4, 0.5) is 0 Å². The molecule has 10 atom stereocenters. The van der Waals surface area contributed by atoms with Gasteiger partial charge in [0.1, 0.15) is 6.10 Å². The van der Waals surface area contributed by atoms with Crippen molar-refractivity contribution < 1.29 is 38.4 Å². The summed E-state index contributed by atoms with van der Waals surface area (Å²) in [6, 6.07) is 0. The van der Waals surface area contributed by atoms with Gasteiger partial charge in [0.15, 0.2) is 24.3 Å². The van der Waals surface area contributed by atoms with Crippen LogP contribution in [0.3, 0.4) is 0 Å². The van der Waals surface area contributed by atoms with Crippen LogP contribution < -0.4 is 0 Å². The highest BCUT2D eigenvalue weighted by atomic mass is 16.9. The molecule has 164 valence electrons. The largest absolute Gasteiger partial charge is 0.454 e. The van der Waals surface area contributed by atoms with E-state index in [1.807, 2.05) is 13.8 Å². The molecule has 0 aromatic carbocycles. The van der Waals surface area contributed by atoms with E-state index in [4.69, 9.17) is 23.7 Å². The summed E-state index contributed by atoms with van der Waals surface area (Å²) in [6.45, 7) is 3.84. The molecule has 3 aliphatic heterocycles. The number of esters is 2. The Labute approximate surface area is 174 Å². The predicted molar refractivity (Wildman–Crippen MR) is 99.6 cm³/mol. The molecule has 3 heterocycles. The van der Waals surface area contributed by atoms with Gasteiger partial charge in [0.25, 0.3) is 0 Å². The summed E-state index contributed by atoms with van der Waals surface area (Å²) in [5.74, 6) is -1.50. The normalized spacial score (nSPS) is 52.5. The minimum absolute atomic E-state index is 0.200. The van der Waals surface area contributed by atoms with Gasteiger partial charge >= 0.3 is 11.9 Å². The molecule has 6 aliphatic rings. The zero-order valence-corrected chi connectivity index (χ0v) is 17.2. The smallest absolute Gasteiger partial charge is 0.350 e. The van der Waals surface area contributed by atoms with E-state index in [0.29, 0.717) is 18.8 Å². The van der Waals surface area contributed by atoms with E-state index in [0.717, 1.165) is 19.3 Å². The van der Waals surface area contributed by atoms with Gasteiger partial charge in [0.2, 0.25) is 6.10 Å². The highest BCUT2D eigenvalue weighted by Crippen LogP contribution is 2.55. The molecule has 30 heavy (non-hydrogen) atoms. The van der Waals surface area contributed by atoms with Gasteiger partial charge in [-0.2, -0.15) is 0 Å². The second-order valence-corrected chi connectivity index (χ2v) is 10.2. The van der Waals surface area contributed by atoms with Crippen LogP contribution in [0.5, 0.6) is 0 Å². The first-order chi connectivity index (χ1) is 14.3. The molecule has 8 nitrogen and oxygen atoms in total. The number of rotatable bonds is 2. The van der Waals surface area contributed by atoms with Crippen LogP contribution in [0.15, 0.2) is 12.2 Å². The van der Waals surface area contributed by atoms with E-state index in [1.54, 1.807) is 0 Å². The molecule has 5 fully saturated rings. The summed E-state index contributed by atoms with van der Waals surface area (Å²) in [5, 5.41) is 10.5. The molecule has 6 rings (SSSR count). The van der Waals surface area contributed by atoms with E-state index < -0.39 is 54.0 Å². The monoisotopic (exact) mass is 420 g/mol. The average molecular weight is 420 g/mol. The number of aliphatic hydroxyl groups excluding tert-OH is 1. The number of allylic oxidation sites excluding steroid dienone is 2. The Kier molecular flexibility index (Phi) is 4.02. The molecule has 0 amide bonds. The molecule has 2 saturated carbocycles. The molecule has 10 unspecified atom stereocenters. The van der Waals surface area contributed by atoms with Gasteiger partial charge in [-0.05, 0) is 37.5 Å². The molecule has 3 aliphatic carbocycles. The van der Waals surface area contributed by atoms with E-state index >= 15 is 0 Å². The fourth-order valence-electron chi connectivity index (χ4n) is 6.28. The molecule has 0 aromatic rings. The molecule has 1 spiro atoms. The third kappa shape index (κ3) is 2.48. The third-order valence-corrected chi connectivity index (χ3v) is 8.25. The lowest BCUT2D eigenvalue weighted by atomic mass is 9.70. The highest BCUT2D eigenvalue weighted by Gasteiger charge is 2.69. The van der Waals surface area contributed by atoms with Crippen LogP contribution in [-0.2, 0) is 33.3 Å². The Morgan fingerprint density at radius 3 is 2.73 bits per heavy atom. The minimum atomic E-state index is -1.09. The summed E-state index contributed by atoms with van der Waals surface area (Å²) in [6.07, 6.45) is 3.69. The summed E-state index contributed by atoms with van der Waals surface area (Å²) < 4.78 is 29.7. The van der Waals surface area contributed by atoms with Gasteiger partial charge in [-0.3, -0.25) is 4.79 Å². The van der Waals surface area contributed by atoms with Gasteiger partial charge in [-0.15, -0.1) is 0 Å². The van der Waals surface area contributed by atoms with E-state index in [9.17, 15) is 14.7 Å². The first-order valence-electron chi connectivity index (χ1n) is 11.1. The quantitative estimate of drug-likeness (QED) is 0.529. The first-order valence-corrected chi connectivity index (χ1v) is 11.1. The zero-order chi connectivity index (χ0) is 20.8. The maximum atomic E-state index is 12.7. The molecular formula is C22H28O8. The summed E-state index contributed by atoms with van der Waals surface area (Å²) in [5.41, 5.74) is -0.627. The second kappa shape index (κ2) is 6.28. The number of carbonyl (C=O) groups excluding carboxylic acids is 2. The van der Waals surface area contributed by atoms with Crippen molar-refractivity contribution in [2.45, 2.75) is 88.5 Å². The fourth-order valence-corrected chi connectivity index (χ4v) is 6.28. The lowest BCUT2D eigenvalue weighted by Crippen LogP contribution is -2.56. The number of carbonyl (C=O) groups is 2. The van der Waals surface area contributed by atoms with Crippen molar-refractivity contribution in [2.24, 2.45) is 23.2 Å². The second-order valence-electron chi connectivity index (χ2n) is 10.2. The molecular weight excluding hydrogens is 392 g/mol. The standard InChI is InChI=1S/C22H28O8/c1-21(2)13(23)4-3-7-22(21)29-17-15-14(28-20(17)30-22)16(19(25)26-15)27-18(24)12-9-10-5-6-11(12)8-10/h5-6,10-17,20,23H,3-4,7-9H2,1-2H3. The van der Waals surface area contributed by atoms with Crippen molar-refractivity contribution in [3.8, 4) is 0 Å². The van der Waals surface area contributed by atoms with Gasteiger partial charge in [0, 0.05) is 11.8 Å². The van der Waals surface area contributed by atoms with Crippen LogP contribution in [0.2, 0.25) is 0 Å². The topological polar surface area (TPSA) is 101 Å². The molecule has 8 heteroatoms. The Hall–Kier alpha value is -1.48. The first kappa shape index (κ1) is 19.2. The van der Waals surface area contributed by atoms with Crippen molar-refractivity contribution in [3.05, 3.63) is 12.2 Å². The zero-order valence-electron chi connectivity index (χ0n) is 17.2. The summed E-state index contributed by atoms with van der Waals surface area (Å²) in [4.78, 5) is 25.2. The average Bonchev–Trinajstić information content (AvgIpc) is 3.48. The van der Waals surface area contributed by atoms with Crippen molar-refractivity contribution in [2.75, 3.05) is 0 Å². The van der Waals surface area contributed by atoms with Crippen molar-refractivity contribution in [1.29, 1.82) is 0 Å². The van der Waals surface area contributed by atoms with Crippen LogP contribution in [-0.4, -0.2) is 59.6 Å². The van der Waals surface area contributed by atoms with Gasteiger partial charge in [-0.1, -0.05) is 26.0 Å². The highest BCUT2D eigenvalue weighted by molar-refractivity contribution is 5.83. The fraction of sp³-hybridized carbons (Fsp3) is 0.818. The Morgan fingerprint density at radius 1 is 1.17 bits per heavy atom. The number of aliphatic hydroxyl groups is 1. The van der Waals surface area contributed by atoms with Crippen LogP contribution in [0, 0.1) is 23.2 Å². The maximum absolute atomic E-state index is 12.7. The number of fused-ring (bicyclic) bond motifs is 5. The molecule has 1 N–H and O–H groups in total. The molecule has 3 saturated heterocycles. The Balaban J connectivity index is 1.17. The summed E-state index contributed by atoms with van der Waals surface area (Å²) >= 11 is 0. The SMILES string of the molecule is CC1(C)C(O)CCCC12OC1OC3C(OC(=O)C4CC5C=CC4C5)C(=O)OC3C1O2. The van der Waals surface area contributed by atoms with Crippen LogP contribution in [0.1, 0.15) is 46.0 Å². The van der Waals surface area contributed by atoms with E-state index in [1.165, 1.54) is 0 Å². The number of hydrogen-bond acceptors (Lipinski definition) is 8. The Bertz CT molecular complexity index is 807. The van der Waals surface area contributed by atoms with Crippen LogP contribution >= 0.6 is 0 Å². The van der Waals surface area contributed by atoms with Crippen molar-refractivity contribution >= 4 is 11.9 Å². The number of ether oxygens (including phenoxy) is 5. The number of hydrogen-bond donors (Lipinski definition) is 1.